The smallest absolute Gasteiger partial charge is 0.0489 e. The third kappa shape index (κ3) is 3.18. The van der Waals surface area contributed by atoms with Gasteiger partial charge < -0.3 is 4.90 Å². The van der Waals surface area contributed by atoms with Crippen LogP contribution in [0.4, 0.5) is 0 Å². The van der Waals surface area contributed by atoms with Gasteiger partial charge in [-0.2, -0.15) is 5.10 Å². The van der Waals surface area contributed by atoms with Gasteiger partial charge in [0.15, 0.2) is 0 Å². The van der Waals surface area contributed by atoms with Crippen molar-refractivity contribution in [2.75, 3.05) is 26.2 Å². The van der Waals surface area contributed by atoms with E-state index < -0.39 is 0 Å². The van der Waals surface area contributed by atoms with Crippen molar-refractivity contribution in [1.29, 1.82) is 0 Å². The Morgan fingerprint density at radius 1 is 1.21 bits per heavy atom. The molecule has 1 atom stereocenters. The fourth-order valence-electron chi connectivity index (χ4n) is 3.49. The predicted octanol–water partition coefficient (Wildman–Crippen LogP) is 1.83. The molecule has 0 unspecified atom stereocenters. The van der Waals surface area contributed by atoms with E-state index in [-0.39, 0.29) is 0 Å². The van der Waals surface area contributed by atoms with E-state index in [9.17, 15) is 0 Å². The molecule has 0 amide bonds. The lowest BCUT2D eigenvalue weighted by Crippen LogP contribution is -2.62. The van der Waals surface area contributed by atoms with E-state index in [1.165, 1.54) is 51.9 Å². The molecule has 4 nitrogen and oxygen atoms in total. The predicted molar refractivity (Wildman–Crippen MR) is 77.1 cm³/mol. The Balaban J connectivity index is 1.34. The summed E-state index contributed by atoms with van der Waals surface area (Å²) < 4.78 is 2.03. The summed E-state index contributed by atoms with van der Waals surface area (Å²) in [6.45, 7) is 8.56. The largest absolute Gasteiger partial charge is 0.300 e. The van der Waals surface area contributed by atoms with Crippen molar-refractivity contribution in [3.05, 3.63) is 18.5 Å². The number of likely N-dealkylation sites (tertiary alicyclic amines) is 2. The monoisotopic (exact) mass is 262 g/mol. The zero-order valence-electron chi connectivity index (χ0n) is 12.0. The quantitative estimate of drug-likeness (QED) is 0.809. The van der Waals surface area contributed by atoms with Crippen molar-refractivity contribution in [2.24, 2.45) is 0 Å². The third-order valence-electron chi connectivity index (χ3n) is 4.68. The molecule has 0 radical (unpaired) electrons. The number of hydrogen-bond donors (Lipinski definition) is 0. The first kappa shape index (κ1) is 13.1. The van der Waals surface area contributed by atoms with Crippen molar-refractivity contribution in [3.63, 3.8) is 0 Å². The SMILES string of the molecule is C[C@H]1CCCCN1C1CN(CCCn2cccn2)C1. The fraction of sp³-hybridized carbons (Fsp3) is 0.800. The van der Waals surface area contributed by atoms with Crippen LogP contribution in [0.25, 0.3) is 0 Å². The van der Waals surface area contributed by atoms with Crippen LogP contribution in [0.15, 0.2) is 18.5 Å². The molecule has 2 aliphatic rings. The van der Waals surface area contributed by atoms with Gasteiger partial charge in [0, 0.05) is 50.7 Å². The van der Waals surface area contributed by atoms with Crippen molar-refractivity contribution >= 4 is 0 Å². The second kappa shape index (κ2) is 6.06. The van der Waals surface area contributed by atoms with Crippen molar-refractivity contribution in [2.45, 2.75) is 51.2 Å². The lowest BCUT2D eigenvalue weighted by atomic mass is 9.97. The van der Waals surface area contributed by atoms with E-state index in [1.807, 2.05) is 23.1 Å². The topological polar surface area (TPSA) is 24.3 Å². The summed E-state index contributed by atoms with van der Waals surface area (Å²) in [6.07, 6.45) is 9.35. The Morgan fingerprint density at radius 3 is 2.84 bits per heavy atom. The first-order valence-corrected chi connectivity index (χ1v) is 7.78. The standard InChI is InChI=1S/C15H26N4/c1-14-6-2-3-11-19(14)15-12-17(13-15)8-5-10-18-9-4-7-16-18/h4,7,9,14-15H,2-3,5-6,8,10-13H2,1H3/t14-/m0/s1. The van der Waals surface area contributed by atoms with E-state index >= 15 is 0 Å². The first-order valence-electron chi connectivity index (χ1n) is 7.78. The summed E-state index contributed by atoms with van der Waals surface area (Å²) in [5.74, 6) is 0. The number of nitrogens with zero attached hydrogens (tertiary/aromatic N) is 4. The van der Waals surface area contributed by atoms with Gasteiger partial charge in [0.1, 0.15) is 0 Å². The van der Waals surface area contributed by atoms with Crippen LogP contribution < -0.4 is 0 Å². The van der Waals surface area contributed by atoms with E-state index in [0.717, 1.165) is 18.6 Å². The lowest BCUT2D eigenvalue weighted by molar-refractivity contribution is -0.00302. The second-order valence-electron chi connectivity index (χ2n) is 6.12. The van der Waals surface area contributed by atoms with Crippen LogP contribution in [0.1, 0.15) is 32.6 Å². The molecule has 3 rings (SSSR count). The molecule has 0 aliphatic carbocycles. The second-order valence-corrected chi connectivity index (χ2v) is 6.12. The molecule has 0 bridgehead atoms. The molecule has 0 saturated carbocycles. The Bertz CT molecular complexity index is 370. The average molecular weight is 262 g/mol. The van der Waals surface area contributed by atoms with Gasteiger partial charge in [-0.15, -0.1) is 0 Å². The normalized spacial score (nSPS) is 26.5. The fourth-order valence-corrected chi connectivity index (χ4v) is 3.49. The van der Waals surface area contributed by atoms with Gasteiger partial charge in [0.05, 0.1) is 0 Å². The van der Waals surface area contributed by atoms with E-state index in [2.05, 4.69) is 21.8 Å². The molecule has 2 fully saturated rings. The minimum atomic E-state index is 0.810. The summed E-state index contributed by atoms with van der Waals surface area (Å²) in [5, 5.41) is 4.25. The Kier molecular flexibility index (Phi) is 4.18. The Hall–Kier alpha value is -0.870. The molecule has 3 heterocycles. The van der Waals surface area contributed by atoms with Crippen LogP contribution in [-0.2, 0) is 6.54 Å². The lowest BCUT2D eigenvalue weighted by Gasteiger charge is -2.49. The van der Waals surface area contributed by atoms with Crippen LogP contribution in [0.2, 0.25) is 0 Å². The van der Waals surface area contributed by atoms with Crippen LogP contribution in [0.5, 0.6) is 0 Å². The zero-order chi connectivity index (χ0) is 13.1. The molecule has 0 aromatic carbocycles. The molecule has 106 valence electrons. The van der Waals surface area contributed by atoms with Crippen LogP contribution >= 0.6 is 0 Å². The number of piperidine rings is 1. The Morgan fingerprint density at radius 2 is 2.11 bits per heavy atom. The molecule has 0 spiro atoms. The number of aromatic nitrogens is 2. The van der Waals surface area contributed by atoms with Crippen molar-refractivity contribution in [3.8, 4) is 0 Å². The van der Waals surface area contributed by atoms with Gasteiger partial charge in [-0.1, -0.05) is 6.42 Å². The van der Waals surface area contributed by atoms with Gasteiger partial charge >= 0.3 is 0 Å². The summed E-state index contributed by atoms with van der Waals surface area (Å²) >= 11 is 0. The molecular formula is C15H26N4. The number of hydrogen-bond acceptors (Lipinski definition) is 3. The molecule has 1 aromatic rings. The molecular weight excluding hydrogens is 236 g/mol. The third-order valence-corrected chi connectivity index (χ3v) is 4.68. The highest BCUT2D eigenvalue weighted by Gasteiger charge is 2.34. The molecule has 2 aliphatic heterocycles. The van der Waals surface area contributed by atoms with E-state index in [4.69, 9.17) is 0 Å². The number of rotatable bonds is 5. The summed E-state index contributed by atoms with van der Waals surface area (Å²) in [5.41, 5.74) is 0. The summed E-state index contributed by atoms with van der Waals surface area (Å²) in [6, 6.07) is 3.64. The van der Waals surface area contributed by atoms with E-state index in [0.29, 0.717) is 0 Å². The van der Waals surface area contributed by atoms with Gasteiger partial charge in [-0.05, 0) is 38.8 Å². The van der Waals surface area contributed by atoms with Gasteiger partial charge in [-0.25, -0.2) is 0 Å². The van der Waals surface area contributed by atoms with Crippen LogP contribution in [0, 0.1) is 0 Å². The van der Waals surface area contributed by atoms with Crippen molar-refractivity contribution < 1.29 is 0 Å². The van der Waals surface area contributed by atoms with Crippen LogP contribution in [0.3, 0.4) is 0 Å². The first-order chi connectivity index (χ1) is 9.33. The summed E-state index contributed by atoms with van der Waals surface area (Å²) in [4.78, 5) is 5.34. The maximum Gasteiger partial charge on any atom is 0.0489 e. The maximum absolute atomic E-state index is 4.25. The molecule has 1 aromatic heterocycles. The molecule has 0 N–H and O–H groups in total. The Labute approximate surface area is 116 Å². The highest BCUT2D eigenvalue weighted by molar-refractivity contribution is 4.91. The minimum Gasteiger partial charge on any atom is -0.300 e. The highest BCUT2D eigenvalue weighted by Crippen LogP contribution is 2.24. The van der Waals surface area contributed by atoms with Gasteiger partial charge in [0.2, 0.25) is 0 Å². The van der Waals surface area contributed by atoms with Gasteiger partial charge in [-0.3, -0.25) is 9.58 Å². The maximum atomic E-state index is 4.25. The molecule has 4 heteroatoms. The average Bonchev–Trinajstić information content (AvgIpc) is 2.87. The van der Waals surface area contributed by atoms with Crippen LogP contribution in [-0.4, -0.2) is 57.8 Å². The van der Waals surface area contributed by atoms with Gasteiger partial charge in [0.25, 0.3) is 0 Å². The van der Waals surface area contributed by atoms with Crippen molar-refractivity contribution in [1.82, 2.24) is 19.6 Å². The molecule has 19 heavy (non-hydrogen) atoms. The minimum absolute atomic E-state index is 0.810. The summed E-state index contributed by atoms with van der Waals surface area (Å²) in [7, 11) is 0. The highest BCUT2D eigenvalue weighted by atomic mass is 15.3. The number of aryl methyl sites for hydroxylation is 1. The zero-order valence-corrected chi connectivity index (χ0v) is 12.0. The van der Waals surface area contributed by atoms with E-state index in [1.54, 1.807) is 0 Å². The molecule has 2 saturated heterocycles.